The fourth-order valence-electron chi connectivity index (χ4n) is 3.88. The number of thiophene rings is 1. The summed E-state index contributed by atoms with van der Waals surface area (Å²) in [6.07, 6.45) is 0.710. The van der Waals surface area contributed by atoms with E-state index in [9.17, 15) is 10.1 Å². The molecule has 0 unspecified atom stereocenters. The van der Waals surface area contributed by atoms with Crippen molar-refractivity contribution in [3.05, 3.63) is 85.9 Å². The Hall–Kier alpha value is -3.76. The van der Waals surface area contributed by atoms with Gasteiger partial charge in [-0.05, 0) is 29.1 Å². The number of benzene rings is 2. The van der Waals surface area contributed by atoms with Crippen molar-refractivity contribution >= 4 is 39.2 Å². The Morgan fingerprint density at radius 2 is 1.91 bits per heavy atom. The largest absolute Gasteiger partial charge is 0.493 e. The van der Waals surface area contributed by atoms with Gasteiger partial charge in [-0.2, -0.15) is 5.10 Å². The Balaban J connectivity index is 1.53. The zero-order valence-electron chi connectivity index (χ0n) is 18.4. The van der Waals surface area contributed by atoms with Crippen LogP contribution in [-0.4, -0.2) is 29.8 Å². The summed E-state index contributed by atoms with van der Waals surface area (Å²) in [6.45, 7) is 0. The van der Waals surface area contributed by atoms with Crippen molar-refractivity contribution in [3.8, 4) is 22.8 Å². The first-order valence-electron chi connectivity index (χ1n) is 10.4. The highest BCUT2D eigenvalue weighted by atomic mass is 32.1. The highest BCUT2D eigenvalue weighted by molar-refractivity contribution is 7.14. The lowest BCUT2D eigenvalue weighted by molar-refractivity contribution is -0.384. The molecule has 5 rings (SSSR count). The molecule has 0 bridgehead atoms. The number of methoxy groups -OCH3 is 2. The minimum absolute atomic E-state index is 0.0365. The van der Waals surface area contributed by atoms with Crippen LogP contribution in [0.4, 0.5) is 10.8 Å². The normalized spacial score (nSPS) is 15.3. The number of nitro groups is 1. The average Bonchev–Trinajstić information content (AvgIpc) is 3.63. The number of non-ortho nitro benzene ring substituents is 1. The third-order valence-electron chi connectivity index (χ3n) is 5.55. The molecule has 10 heteroatoms. The second kappa shape index (κ2) is 9.24. The summed E-state index contributed by atoms with van der Waals surface area (Å²) >= 11 is 3.11. The maximum absolute atomic E-state index is 11.2. The van der Waals surface area contributed by atoms with Gasteiger partial charge in [0.2, 0.25) is 5.13 Å². The summed E-state index contributed by atoms with van der Waals surface area (Å²) < 4.78 is 10.9. The highest BCUT2D eigenvalue weighted by Gasteiger charge is 2.32. The average molecular weight is 493 g/mol. The minimum Gasteiger partial charge on any atom is -0.493 e. The molecule has 0 saturated heterocycles. The molecule has 0 amide bonds. The molecule has 3 heterocycles. The van der Waals surface area contributed by atoms with Crippen molar-refractivity contribution < 1.29 is 14.4 Å². The Morgan fingerprint density at radius 1 is 1.06 bits per heavy atom. The van der Waals surface area contributed by atoms with Crippen LogP contribution in [0.15, 0.2) is 70.5 Å². The van der Waals surface area contributed by atoms with Gasteiger partial charge in [-0.3, -0.25) is 10.1 Å². The lowest BCUT2D eigenvalue weighted by atomic mass is 10.0. The number of nitro benzene ring substituents is 1. The van der Waals surface area contributed by atoms with Gasteiger partial charge in [-0.15, -0.1) is 22.7 Å². The van der Waals surface area contributed by atoms with Gasteiger partial charge in [0.1, 0.15) is 0 Å². The van der Waals surface area contributed by atoms with Crippen LogP contribution in [0, 0.1) is 10.1 Å². The number of hydrogen-bond acceptors (Lipinski definition) is 9. The molecule has 2 aromatic heterocycles. The van der Waals surface area contributed by atoms with Crippen molar-refractivity contribution in [2.75, 3.05) is 19.2 Å². The molecule has 1 aliphatic rings. The summed E-state index contributed by atoms with van der Waals surface area (Å²) in [7, 11) is 3.23. The highest BCUT2D eigenvalue weighted by Crippen LogP contribution is 2.42. The van der Waals surface area contributed by atoms with Gasteiger partial charge in [-0.25, -0.2) is 9.99 Å². The number of aromatic nitrogens is 1. The first kappa shape index (κ1) is 22.1. The molecule has 8 nitrogen and oxygen atoms in total. The number of rotatable bonds is 7. The van der Waals surface area contributed by atoms with Gasteiger partial charge in [0, 0.05) is 29.5 Å². The molecular formula is C24H20N4O4S2. The number of ether oxygens (including phenoxy) is 2. The molecular weight excluding hydrogens is 472 g/mol. The molecule has 0 spiro atoms. The third kappa shape index (κ3) is 4.13. The maximum atomic E-state index is 11.2. The van der Waals surface area contributed by atoms with E-state index in [1.54, 1.807) is 31.6 Å². The zero-order valence-corrected chi connectivity index (χ0v) is 20.0. The number of anilines is 1. The summed E-state index contributed by atoms with van der Waals surface area (Å²) in [5, 5.41) is 22.7. The summed E-state index contributed by atoms with van der Waals surface area (Å²) in [5.74, 6) is 1.32. The first-order chi connectivity index (χ1) is 16.6. The smallest absolute Gasteiger partial charge is 0.270 e. The zero-order chi connectivity index (χ0) is 23.7. The number of hydrazone groups is 1. The van der Waals surface area contributed by atoms with E-state index in [0.717, 1.165) is 16.2 Å². The lowest BCUT2D eigenvalue weighted by Gasteiger charge is -2.22. The Kier molecular flexibility index (Phi) is 5.99. The standard InChI is InChI=1S/C24H20N4O4S2/c1-31-21-9-8-16(12-22(21)32-2)20-13-18(23-7-4-10-33-23)26-27(20)24-25-19(14-34-24)15-5-3-6-17(11-15)28(29)30/h3-12,14,20H,13H2,1-2H3/t20-/m0/s1. The molecule has 0 radical (unpaired) electrons. The maximum Gasteiger partial charge on any atom is 0.270 e. The predicted octanol–water partition coefficient (Wildman–Crippen LogP) is 6.15. The van der Waals surface area contributed by atoms with Crippen molar-refractivity contribution in [1.82, 2.24) is 4.98 Å². The molecule has 0 saturated carbocycles. The van der Waals surface area contributed by atoms with Gasteiger partial charge in [0.05, 0.1) is 41.5 Å². The molecule has 0 N–H and O–H groups in total. The Bertz CT molecular complexity index is 1370. The quantitative estimate of drug-likeness (QED) is 0.227. The van der Waals surface area contributed by atoms with E-state index < -0.39 is 4.92 Å². The van der Waals surface area contributed by atoms with E-state index in [4.69, 9.17) is 19.6 Å². The van der Waals surface area contributed by atoms with Crippen LogP contribution in [0.1, 0.15) is 22.9 Å². The topological polar surface area (TPSA) is 90.1 Å². The fourth-order valence-corrected chi connectivity index (χ4v) is 5.43. The molecule has 1 aliphatic heterocycles. The second-order valence-electron chi connectivity index (χ2n) is 7.53. The molecule has 2 aromatic carbocycles. The minimum atomic E-state index is -0.401. The van der Waals surface area contributed by atoms with Crippen molar-refractivity contribution in [3.63, 3.8) is 0 Å². The number of hydrogen-bond donors (Lipinski definition) is 0. The van der Waals surface area contributed by atoms with Crippen LogP contribution in [0.5, 0.6) is 11.5 Å². The van der Waals surface area contributed by atoms with Gasteiger partial charge in [-0.1, -0.05) is 24.3 Å². The number of nitrogens with zero attached hydrogens (tertiary/aromatic N) is 4. The van der Waals surface area contributed by atoms with Crippen molar-refractivity contribution in [1.29, 1.82) is 0 Å². The Morgan fingerprint density at radius 3 is 2.65 bits per heavy atom. The van der Waals surface area contributed by atoms with Crippen LogP contribution in [-0.2, 0) is 0 Å². The summed E-state index contributed by atoms with van der Waals surface area (Å²) in [6, 6.07) is 16.4. The lowest BCUT2D eigenvalue weighted by Crippen LogP contribution is -2.18. The van der Waals surface area contributed by atoms with Gasteiger partial charge in [0.25, 0.3) is 5.69 Å². The molecule has 172 valence electrons. The third-order valence-corrected chi connectivity index (χ3v) is 7.30. The molecule has 0 fully saturated rings. The van der Waals surface area contributed by atoms with Crippen LogP contribution in [0.25, 0.3) is 11.3 Å². The number of thiazole rings is 1. The summed E-state index contributed by atoms with van der Waals surface area (Å²) in [4.78, 5) is 16.7. The second-order valence-corrected chi connectivity index (χ2v) is 9.31. The van der Waals surface area contributed by atoms with E-state index in [-0.39, 0.29) is 11.7 Å². The molecule has 0 aliphatic carbocycles. The van der Waals surface area contributed by atoms with E-state index in [1.165, 1.54) is 23.5 Å². The predicted molar refractivity (Wildman–Crippen MR) is 134 cm³/mol. The SMILES string of the molecule is COc1ccc([C@@H]2CC(c3cccs3)=NN2c2nc(-c3cccc([N+](=O)[O-])c3)cs2)cc1OC. The monoisotopic (exact) mass is 492 g/mol. The molecule has 1 atom stereocenters. The summed E-state index contributed by atoms with van der Waals surface area (Å²) in [5.41, 5.74) is 3.42. The van der Waals surface area contributed by atoms with Crippen LogP contribution >= 0.6 is 22.7 Å². The van der Waals surface area contributed by atoms with Crippen LogP contribution < -0.4 is 14.5 Å². The van der Waals surface area contributed by atoms with E-state index in [1.807, 2.05) is 46.1 Å². The first-order valence-corrected chi connectivity index (χ1v) is 12.2. The van der Waals surface area contributed by atoms with E-state index in [0.29, 0.717) is 34.3 Å². The van der Waals surface area contributed by atoms with Crippen LogP contribution in [0.2, 0.25) is 0 Å². The fraction of sp³-hybridized carbons (Fsp3) is 0.167. The van der Waals surface area contributed by atoms with Crippen molar-refractivity contribution in [2.24, 2.45) is 5.10 Å². The van der Waals surface area contributed by atoms with Gasteiger partial charge < -0.3 is 9.47 Å². The van der Waals surface area contributed by atoms with E-state index in [2.05, 4.69) is 6.07 Å². The van der Waals surface area contributed by atoms with Crippen LogP contribution in [0.3, 0.4) is 0 Å². The van der Waals surface area contributed by atoms with Gasteiger partial charge >= 0.3 is 0 Å². The van der Waals surface area contributed by atoms with E-state index >= 15 is 0 Å². The Labute approximate surface area is 203 Å². The van der Waals surface area contributed by atoms with Gasteiger partial charge in [0.15, 0.2) is 11.5 Å². The molecule has 4 aromatic rings. The van der Waals surface area contributed by atoms with Crippen molar-refractivity contribution in [2.45, 2.75) is 12.5 Å². The molecule has 34 heavy (non-hydrogen) atoms.